The lowest BCUT2D eigenvalue weighted by Crippen LogP contribution is -2.23. The second kappa shape index (κ2) is 7.32. The van der Waals surface area contributed by atoms with Gasteiger partial charge in [0.1, 0.15) is 16.5 Å². The van der Waals surface area contributed by atoms with Crippen molar-refractivity contribution in [2.75, 3.05) is 0 Å². The van der Waals surface area contributed by atoms with E-state index in [2.05, 4.69) is 40.0 Å². The molecule has 0 bridgehead atoms. The number of thiazole rings is 1. The minimum atomic E-state index is -0.291. The Morgan fingerprint density at radius 1 is 1.19 bits per heavy atom. The van der Waals surface area contributed by atoms with Crippen LogP contribution in [0.2, 0.25) is 0 Å². The number of amides is 1. The highest BCUT2D eigenvalue weighted by Gasteiger charge is 2.16. The predicted octanol–water partition coefficient (Wildman–Crippen LogP) is 4.85. The molecule has 136 valence electrons. The fourth-order valence-electron chi connectivity index (χ4n) is 3.10. The van der Waals surface area contributed by atoms with Gasteiger partial charge in [0.15, 0.2) is 0 Å². The fraction of sp³-hybridized carbons (Fsp3) is 0.143. The van der Waals surface area contributed by atoms with Gasteiger partial charge in [-0.25, -0.2) is 9.37 Å². The van der Waals surface area contributed by atoms with Gasteiger partial charge in [-0.05, 0) is 36.8 Å². The Hall–Kier alpha value is -2.99. The molecule has 6 heteroatoms. The molecule has 0 saturated carbocycles. The first-order valence-electron chi connectivity index (χ1n) is 8.72. The van der Waals surface area contributed by atoms with E-state index in [1.165, 1.54) is 23.5 Å². The first kappa shape index (κ1) is 17.4. The van der Waals surface area contributed by atoms with Crippen LogP contribution in [0.5, 0.6) is 0 Å². The normalized spacial score (nSPS) is 11.0. The Labute approximate surface area is 160 Å². The van der Waals surface area contributed by atoms with Crippen molar-refractivity contribution in [2.45, 2.75) is 20.0 Å². The molecule has 0 unspecified atom stereocenters. The van der Waals surface area contributed by atoms with Gasteiger partial charge in [-0.15, -0.1) is 11.3 Å². The van der Waals surface area contributed by atoms with Crippen LogP contribution in [-0.2, 0) is 13.1 Å². The van der Waals surface area contributed by atoms with E-state index in [9.17, 15) is 9.18 Å². The fourth-order valence-corrected chi connectivity index (χ4v) is 3.92. The highest BCUT2D eigenvalue weighted by atomic mass is 32.1. The first-order valence-corrected chi connectivity index (χ1v) is 9.60. The van der Waals surface area contributed by atoms with Crippen molar-refractivity contribution in [3.05, 3.63) is 77.1 Å². The summed E-state index contributed by atoms with van der Waals surface area (Å²) < 4.78 is 15.2. The van der Waals surface area contributed by atoms with E-state index >= 15 is 0 Å². The van der Waals surface area contributed by atoms with E-state index in [1.807, 2.05) is 12.1 Å². The van der Waals surface area contributed by atoms with Gasteiger partial charge in [0.25, 0.3) is 5.91 Å². The lowest BCUT2D eigenvalue weighted by molar-refractivity contribution is 0.0946. The predicted molar refractivity (Wildman–Crippen MR) is 106 cm³/mol. The number of benzene rings is 2. The molecule has 4 aromatic rings. The van der Waals surface area contributed by atoms with Crippen molar-refractivity contribution in [3.8, 4) is 10.7 Å². The summed E-state index contributed by atoms with van der Waals surface area (Å²) in [6.45, 7) is 3.26. The summed E-state index contributed by atoms with van der Waals surface area (Å²) in [5.41, 5.74) is 3.41. The van der Waals surface area contributed by atoms with Crippen LogP contribution in [0.4, 0.5) is 4.39 Å². The maximum absolute atomic E-state index is 13.0. The topological polar surface area (TPSA) is 46.9 Å². The van der Waals surface area contributed by atoms with Crippen LogP contribution in [0.1, 0.15) is 23.0 Å². The maximum atomic E-state index is 13.0. The molecule has 0 atom stereocenters. The van der Waals surface area contributed by atoms with Gasteiger partial charge < -0.3 is 9.88 Å². The molecule has 0 aliphatic heterocycles. The number of para-hydroxylation sites is 1. The molecular formula is C21H18FN3OS. The zero-order valence-corrected chi connectivity index (χ0v) is 15.6. The van der Waals surface area contributed by atoms with Gasteiger partial charge >= 0.3 is 0 Å². The van der Waals surface area contributed by atoms with Crippen LogP contribution < -0.4 is 5.32 Å². The standard InChI is InChI=1S/C21H18FN3OS/c1-2-25-18-6-4-3-5-15(18)11-19(25)21-24-17(13-27-21)20(26)23-12-14-7-9-16(22)10-8-14/h3-11,13H,2,12H2,1H3,(H,23,26). The van der Waals surface area contributed by atoms with Crippen molar-refractivity contribution in [2.24, 2.45) is 0 Å². The van der Waals surface area contributed by atoms with E-state index in [0.29, 0.717) is 12.2 Å². The number of nitrogens with one attached hydrogen (secondary N) is 1. The quantitative estimate of drug-likeness (QED) is 0.539. The molecule has 0 radical (unpaired) electrons. The van der Waals surface area contributed by atoms with Gasteiger partial charge in [-0.1, -0.05) is 30.3 Å². The molecule has 0 aliphatic rings. The summed E-state index contributed by atoms with van der Waals surface area (Å²) in [4.78, 5) is 16.9. The Kier molecular flexibility index (Phi) is 4.73. The molecule has 4 nitrogen and oxygen atoms in total. The Morgan fingerprint density at radius 2 is 1.96 bits per heavy atom. The van der Waals surface area contributed by atoms with E-state index in [0.717, 1.165) is 33.7 Å². The molecule has 4 rings (SSSR count). The number of rotatable bonds is 5. The third-order valence-corrected chi connectivity index (χ3v) is 5.31. The van der Waals surface area contributed by atoms with E-state index in [-0.39, 0.29) is 11.7 Å². The van der Waals surface area contributed by atoms with Crippen LogP contribution in [0.25, 0.3) is 21.6 Å². The Balaban J connectivity index is 1.54. The number of fused-ring (bicyclic) bond motifs is 1. The SMILES string of the molecule is CCn1c(-c2nc(C(=O)NCc3ccc(F)cc3)cs2)cc2ccccc21. The third-order valence-electron chi connectivity index (χ3n) is 4.45. The van der Waals surface area contributed by atoms with E-state index in [1.54, 1.807) is 17.5 Å². The minimum absolute atomic E-state index is 0.235. The van der Waals surface area contributed by atoms with E-state index < -0.39 is 0 Å². The van der Waals surface area contributed by atoms with Crippen molar-refractivity contribution >= 4 is 28.1 Å². The number of carbonyl (C=O) groups excluding carboxylic acids is 1. The lowest BCUT2D eigenvalue weighted by Gasteiger charge is -2.05. The van der Waals surface area contributed by atoms with Crippen molar-refractivity contribution in [1.29, 1.82) is 0 Å². The van der Waals surface area contributed by atoms with Gasteiger partial charge in [0.05, 0.1) is 5.69 Å². The third kappa shape index (κ3) is 3.48. The maximum Gasteiger partial charge on any atom is 0.271 e. The first-order chi connectivity index (χ1) is 13.2. The van der Waals surface area contributed by atoms with Gasteiger partial charge in [-0.3, -0.25) is 4.79 Å². The van der Waals surface area contributed by atoms with Crippen LogP contribution in [0.15, 0.2) is 60.0 Å². The second-order valence-electron chi connectivity index (χ2n) is 6.18. The minimum Gasteiger partial charge on any atom is -0.347 e. The van der Waals surface area contributed by atoms with E-state index in [4.69, 9.17) is 0 Å². The largest absolute Gasteiger partial charge is 0.347 e. The van der Waals surface area contributed by atoms with Crippen molar-refractivity contribution in [3.63, 3.8) is 0 Å². The van der Waals surface area contributed by atoms with Crippen molar-refractivity contribution < 1.29 is 9.18 Å². The average molecular weight is 379 g/mol. The smallest absolute Gasteiger partial charge is 0.271 e. The molecule has 27 heavy (non-hydrogen) atoms. The molecular weight excluding hydrogens is 361 g/mol. The number of nitrogens with zero attached hydrogens (tertiary/aromatic N) is 2. The Bertz CT molecular complexity index is 1100. The molecule has 1 amide bonds. The summed E-state index contributed by atoms with van der Waals surface area (Å²) in [6.07, 6.45) is 0. The Morgan fingerprint density at radius 3 is 2.74 bits per heavy atom. The highest BCUT2D eigenvalue weighted by molar-refractivity contribution is 7.13. The van der Waals surface area contributed by atoms with Gasteiger partial charge in [0, 0.05) is 29.4 Å². The van der Waals surface area contributed by atoms with Crippen molar-refractivity contribution in [1.82, 2.24) is 14.9 Å². The molecule has 2 heterocycles. The molecule has 2 aromatic carbocycles. The number of hydrogen-bond donors (Lipinski definition) is 1. The number of aromatic nitrogens is 2. The summed E-state index contributed by atoms with van der Waals surface area (Å²) in [7, 11) is 0. The van der Waals surface area contributed by atoms with Crippen LogP contribution in [0, 0.1) is 5.82 Å². The number of carbonyl (C=O) groups is 1. The highest BCUT2D eigenvalue weighted by Crippen LogP contribution is 2.30. The number of halogens is 1. The molecule has 0 aliphatic carbocycles. The molecule has 0 fully saturated rings. The van der Waals surface area contributed by atoms with Crippen LogP contribution in [-0.4, -0.2) is 15.5 Å². The van der Waals surface area contributed by atoms with Gasteiger partial charge in [0.2, 0.25) is 0 Å². The van der Waals surface area contributed by atoms with Crippen LogP contribution >= 0.6 is 11.3 Å². The molecule has 1 N–H and O–H groups in total. The van der Waals surface area contributed by atoms with Gasteiger partial charge in [-0.2, -0.15) is 0 Å². The molecule has 2 aromatic heterocycles. The lowest BCUT2D eigenvalue weighted by atomic mass is 10.2. The summed E-state index contributed by atoms with van der Waals surface area (Å²) in [5, 5.41) is 6.58. The summed E-state index contributed by atoms with van der Waals surface area (Å²) in [6, 6.07) is 16.4. The number of aryl methyl sites for hydroxylation is 1. The molecule has 0 saturated heterocycles. The molecule has 0 spiro atoms. The number of hydrogen-bond acceptors (Lipinski definition) is 3. The monoisotopic (exact) mass is 379 g/mol. The van der Waals surface area contributed by atoms with Crippen LogP contribution in [0.3, 0.4) is 0 Å². The summed E-state index contributed by atoms with van der Waals surface area (Å²) in [5.74, 6) is -0.526. The average Bonchev–Trinajstić information content (AvgIpc) is 3.31. The zero-order chi connectivity index (χ0) is 18.8. The second-order valence-corrected chi connectivity index (χ2v) is 7.04. The summed E-state index contributed by atoms with van der Waals surface area (Å²) >= 11 is 1.46. The zero-order valence-electron chi connectivity index (χ0n) is 14.8.